The first-order valence-electron chi connectivity index (χ1n) is 8.11. The molecule has 23 heavy (non-hydrogen) atoms. The lowest BCUT2D eigenvalue weighted by atomic mass is 9.99. The number of carbonyl (C=O) groups is 1. The number of hydrogen-bond acceptors (Lipinski definition) is 1. The maximum atomic E-state index is 12.3. The number of benzene rings is 2. The molecule has 2 rings (SSSR count). The minimum absolute atomic E-state index is 0.0630. The fourth-order valence-corrected chi connectivity index (χ4v) is 2.85. The minimum Gasteiger partial charge on any atom is -0.349 e. The van der Waals surface area contributed by atoms with Gasteiger partial charge in [0, 0.05) is 11.4 Å². The summed E-state index contributed by atoms with van der Waals surface area (Å²) in [4.78, 5) is 12.3. The van der Waals surface area contributed by atoms with Crippen LogP contribution >= 0.6 is 11.6 Å². The molecular weight excluding hydrogens is 306 g/mol. The van der Waals surface area contributed by atoms with Crippen LogP contribution in [-0.2, 0) is 11.2 Å². The van der Waals surface area contributed by atoms with Gasteiger partial charge in [-0.05, 0) is 55.0 Å². The molecule has 2 aromatic carbocycles. The van der Waals surface area contributed by atoms with Crippen LogP contribution in [0.4, 0.5) is 0 Å². The number of aryl methyl sites for hydroxylation is 3. The van der Waals surface area contributed by atoms with Gasteiger partial charge >= 0.3 is 0 Å². The van der Waals surface area contributed by atoms with E-state index in [1.165, 1.54) is 16.7 Å². The zero-order valence-corrected chi connectivity index (χ0v) is 14.8. The van der Waals surface area contributed by atoms with Gasteiger partial charge < -0.3 is 5.32 Å². The molecule has 0 spiro atoms. The molecule has 2 aromatic rings. The third kappa shape index (κ3) is 4.84. The lowest BCUT2D eigenvalue weighted by Crippen LogP contribution is -2.28. The molecule has 2 nitrogen and oxygen atoms in total. The first kappa shape index (κ1) is 17.6. The van der Waals surface area contributed by atoms with Crippen LogP contribution in [0.25, 0.3) is 0 Å². The van der Waals surface area contributed by atoms with E-state index in [4.69, 9.17) is 11.6 Å². The molecular formula is C20H24ClNO. The fraction of sp³-hybridized carbons (Fsp3) is 0.350. The van der Waals surface area contributed by atoms with Gasteiger partial charge in [0.25, 0.3) is 0 Å². The van der Waals surface area contributed by atoms with Crippen molar-refractivity contribution in [3.63, 3.8) is 0 Å². The van der Waals surface area contributed by atoms with E-state index >= 15 is 0 Å². The topological polar surface area (TPSA) is 29.1 Å². The second-order valence-electron chi connectivity index (χ2n) is 5.96. The summed E-state index contributed by atoms with van der Waals surface area (Å²) in [5.41, 5.74) is 4.71. The van der Waals surface area contributed by atoms with Crippen LogP contribution in [0.2, 0.25) is 5.02 Å². The molecule has 1 atom stereocenters. The average Bonchev–Trinajstić information content (AvgIpc) is 2.54. The quantitative estimate of drug-likeness (QED) is 0.779. The van der Waals surface area contributed by atoms with Gasteiger partial charge in [0.15, 0.2) is 0 Å². The van der Waals surface area contributed by atoms with Crippen molar-refractivity contribution in [3.05, 3.63) is 69.7 Å². The molecule has 0 fully saturated rings. The highest BCUT2D eigenvalue weighted by Crippen LogP contribution is 2.21. The average molecular weight is 330 g/mol. The molecule has 0 saturated carbocycles. The zero-order valence-electron chi connectivity index (χ0n) is 14.0. The summed E-state index contributed by atoms with van der Waals surface area (Å²) < 4.78 is 0. The molecule has 0 saturated heterocycles. The fourth-order valence-electron chi connectivity index (χ4n) is 2.62. The van der Waals surface area contributed by atoms with Crippen molar-refractivity contribution >= 4 is 17.5 Å². The van der Waals surface area contributed by atoms with Gasteiger partial charge in [-0.25, -0.2) is 0 Å². The predicted octanol–water partition coefficient (Wildman–Crippen LogP) is 5.16. The Morgan fingerprint density at radius 1 is 1.13 bits per heavy atom. The van der Waals surface area contributed by atoms with Crippen LogP contribution in [0.15, 0.2) is 42.5 Å². The van der Waals surface area contributed by atoms with Crippen LogP contribution in [0.3, 0.4) is 0 Å². The lowest BCUT2D eigenvalue weighted by molar-refractivity contribution is -0.121. The third-order valence-electron chi connectivity index (χ3n) is 4.26. The first-order chi connectivity index (χ1) is 11.0. The van der Waals surface area contributed by atoms with E-state index in [2.05, 4.69) is 44.3 Å². The molecule has 0 bridgehead atoms. The summed E-state index contributed by atoms with van der Waals surface area (Å²) in [5.74, 6) is 0.0648. The number of amides is 1. The maximum absolute atomic E-state index is 12.3. The Bertz CT molecular complexity index is 681. The second kappa shape index (κ2) is 8.16. The Labute approximate surface area is 143 Å². The van der Waals surface area contributed by atoms with Gasteiger partial charge in [-0.1, -0.05) is 54.9 Å². The van der Waals surface area contributed by atoms with Gasteiger partial charge in [-0.15, -0.1) is 0 Å². The van der Waals surface area contributed by atoms with Gasteiger partial charge in [0.05, 0.1) is 6.04 Å². The van der Waals surface area contributed by atoms with Gasteiger partial charge in [0.1, 0.15) is 0 Å². The molecule has 0 aromatic heterocycles. The van der Waals surface area contributed by atoms with Crippen LogP contribution in [-0.4, -0.2) is 5.91 Å². The maximum Gasteiger partial charge on any atom is 0.220 e. The van der Waals surface area contributed by atoms with E-state index in [1.807, 2.05) is 24.3 Å². The molecule has 0 unspecified atom stereocenters. The summed E-state index contributed by atoms with van der Waals surface area (Å²) in [7, 11) is 0. The predicted molar refractivity (Wildman–Crippen MR) is 96.9 cm³/mol. The van der Waals surface area contributed by atoms with Crippen LogP contribution in [0, 0.1) is 13.8 Å². The second-order valence-corrected chi connectivity index (χ2v) is 6.37. The van der Waals surface area contributed by atoms with Gasteiger partial charge in [0.2, 0.25) is 5.91 Å². The van der Waals surface area contributed by atoms with E-state index in [-0.39, 0.29) is 11.9 Å². The normalized spacial score (nSPS) is 12.0. The van der Waals surface area contributed by atoms with E-state index in [1.54, 1.807) is 0 Å². The van der Waals surface area contributed by atoms with E-state index < -0.39 is 0 Å². The third-order valence-corrected chi connectivity index (χ3v) is 4.62. The SMILES string of the molecule is CC[C@@H](NC(=O)CCc1ccccc1Cl)c1ccc(C)c(C)c1. The molecule has 1 N–H and O–H groups in total. The van der Waals surface area contributed by atoms with Crippen LogP contribution in [0.5, 0.6) is 0 Å². The van der Waals surface area contributed by atoms with Crippen molar-refractivity contribution in [1.29, 1.82) is 0 Å². The summed E-state index contributed by atoms with van der Waals surface area (Å²) in [6.45, 7) is 6.29. The van der Waals surface area contributed by atoms with E-state index in [0.29, 0.717) is 12.8 Å². The standard InChI is InChI=1S/C20H24ClNO/c1-4-19(17-10-9-14(2)15(3)13-17)22-20(23)12-11-16-7-5-6-8-18(16)21/h5-10,13,19H,4,11-12H2,1-3H3,(H,22,23)/t19-/m1/s1. The van der Waals surface area contributed by atoms with E-state index in [9.17, 15) is 4.79 Å². The Hall–Kier alpha value is -1.80. The Morgan fingerprint density at radius 2 is 1.87 bits per heavy atom. The van der Waals surface area contributed by atoms with Gasteiger partial charge in [-0.2, -0.15) is 0 Å². The zero-order chi connectivity index (χ0) is 16.8. The summed E-state index contributed by atoms with van der Waals surface area (Å²) in [5, 5.41) is 3.86. The first-order valence-corrected chi connectivity index (χ1v) is 8.49. The Balaban J connectivity index is 1.97. The number of nitrogens with one attached hydrogen (secondary N) is 1. The molecule has 3 heteroatoms. The molecule has 122 valence electrons. The molecule has 0 aliphatic carbocycles. The van der Waals surface area contributed by atoms with Crippen LogP contribution in [0.1, 0.15) is 48.1 Å². The Morgan fingerprint density at radius 3 is 2.52 bits per heavy atom. The lowest BCUT2D eigenvalue weighted by Gasteiger charge is -2.19. The number of halogens is 1. The molecule has 0 heterocycles. The van der Waals surface area contributed by atoms with Crippen molar-refractivity contribution in [2.24, 2.45) is 0 Å². The van der Waals surface area contributed by atoms with Crippen molar-refractivity contribution in [2.45, 2.75) is 46.1 Å². The summed E-state index contributed by atoms with van der Waals surface area (Å²) in [6.07, 6.45) is 1.99. The molecule has 0 radical (unpaired) electrons. The molecule has 0 aliphatic heterocycles. The number of rotatable bonds is 6. The van der Waals surface area contributed by atoms with Crippen molar-refractivity contribution < 1.29 is 4.79 Å². The largest absolute Gasteiger partial charge is 0.349 e. The summed E-state index contributed by atoms with van der Waals surface area (Å²) >= 11 is 6.14. The highest BCUT2D eigenvalue weighted by atomic mass is 35.5. The van der Waals surface area contributed by atoms with Crippen molar-refractivity contribution in [3.8, 4) is 0 Å². The number of carbonyl (C=O) groups excluding carboxylic acids is 1. The minimum atomic E-state index is 0.0630. The number of hydrogen-bond donors (Lipinski definition) is 1. The van der Waals surface area contributed by atoms with E-state index in [0.717, 1.165) is 17.0 Å². The van der Waals surface area contributed by atoms with Crippen LogP contribution < -0.4 is 5.32 Å². The Kier molecular flexibility index (Phi) is 6.23. The van der Waals surface area contributed by atoms with Crippen molar-refractivity contribution in [2.75, 3.05) is 0 Å². The van der Waals surface area contributed by atoms with Gasteiger partial charge in [-0.3, -0.25) is 4.79 Å². The molecule has 0 aliphatic rings. The highest BCUT2D eigenvalue weighted by Gasteiger charge is 2.13. The summed E-state index contributed by atoms with van der Waals surface area (Å²) in [6, 6.07) is 14.1. The van der Waals surface area contributed by atoms with Crippen molar-refractivity contribution in [1.82, 2.24) is 5.32 Å². The smallest absolute Gasteiger partial charge is 0.220 e. The monoisotopic (exact) mass is 329 g/mol. The highest BCUT2D eigenvalue weighted by molar-refractivity contribution is 6.31. The molecule has 1 amide bonds.